The number of halogens is 5. The van der Waals surface area contributed by atoms with Gasteiger partial charge in [0.25, 0.3) is 0 Å². The molecule has 0 saturated carbocycles. The molecule has 0 aliphatic carbocycles. The molecule has 1 saturated heterocycles. The van der Waals surface area contributed by atoms with Gasteiger partial charge in [-0.15, -0.1) is 11.3 Å². The molecule has 4 heterocycles. The van der Waals surface area contributed by atoms with Gasteiger partial charge in [0.15, 0.2) is 0 Å². The molecule has 1 atom stereocenters. The van der Waals surface area contributed by atoms with Gasteiger partial charge in [-0.3, -0.25) is 20.1 Å². The Morgan fingerprint density at radius 1 is 1.21 bits per heavy atom. The number of carbonyl (C=O) groups is 1. The van der Waals surface area contributed by atoms with Crippen molar-refractivity contribution in [2.24, 2.45) is 5.10 Å². The van der Waals surface area contributed by atoms with Crippen molar-refractivity contribution in [2.45, 2.75) is 56.8 Å². The lowest BCUT2D eigenvalue weighted by Gasteiger charge is -2.35. The minimum absolute atomic E-state index is 0.110. The molecular weight excluding hydrogens is 529 g/mol. The first-order chi connectivity index (χ1) is 17.9. The van der Waals surface area contributed by atoms with Gasteiger partial charge in [-0.2, -0.15) is 18.3 Å². The number of alkyl halides is 3. The normalized spacial score (nSPS) is 21.9. The fourth-order valence-corrected chi connectivity index (χ4v) is 5.83. The fraction of sp³-hybridized carbons (Fsp3) is 0.480. The number of nitrogens with one attached hydrogen (secondary N) is 1. The Hall–Kier alpha value is -3.06. The summed E-state index contributed by atoms with van der Waals surface area (Å²) < 4.78 is 67.5. The van der Waals surface area contributed by atoms with Crippen LogP contribution in [0.4, 0.5) is 22.0 Å². The third-order valence-corrected chi connectivity index (χ3v) is 8.05. The molecule has 3 aliphatic rings. The van der Waals surface area contributed by atoms with Gasteiger partial charge in [-0.25, -0.2) is 13.8 Å². The summed E-state index contributed by atoms with van der Waals surface area (Å²) >= 11 is 1.45. The predicted molar refractivity (Wildman–Crippen MR) is 131 cm³/mol. The molecule has 1 aromatic carbocycles. The van der Waals surface area contributed by atoms with Gasteiger partial charge in [0.05, 0.1) is 27.5 Å². The van der Waals surface area contributed by atoms with E-state index >= 15 is 0 Å². The molecule has 1 fully saturated rings. The monoisotopic (exact) mass is 555 g/mol. The summed E-state index contributed by atoms with van der Waals surface area (Å²) in [5, 5.41) is 7.63. The Kier molecular flexibility index (Phi) is 6.93. The van der Waals surface area contributed by atoms with Crippen molar-refractivity contribution in [2.75, 3.05) is 19.6 Å². The van der Waals surface area contributed by atoms with Crippen molar-refractivity contribution >= 4 is 28.7 Å². The van der Waals surface area contributed by atoms with Crippen molar-refractivity contribution in [1.29, 1.82) is 0 Å². The van der Waals surface area contributed by atoms with Crippen molar-refractivity contribution in [3.63, 3.8) is 0 Å². The van der Waals surface area contributed by atoms with Gasteiger partial charge in [-0.1, -0.05) is 6.07 Å². The molecule has 0 bridgehead atoms. The number of aromatic nitrogens is 1. The van der Waals surface area contributed by atoms with E-state index in [1.807, 2.05) is 5.38 Å². The first-order valence-electron chi connectivity index (χ1n) is 12.2. The van der Waals surface area contributed by atoms with Crippen molar-refractivity contribution in [3.05, 3.63) is 57.6 Å². The Bertz CT molecular complexity index is 1260. The van der Waals surface area contributed by atoms with Crippen molar-refractivity contribution in [3.8, 4) is 0 Å². The number of rotatable bonds is 5. The van der Waals surface area contributed by atoms with Gasteiger partial charge in [0.2, 0.25) is 5.91 Å². The number of benzene rings is 1. The zero-order chi connectivity index (χ0) is 27.2. The largest absolute Gasteiger partial charge is 0.431 e. The number of amides is 1. The van der Waals surface area contributed by atoms with Crippen LogP contribution >= 0.6 is 11.3 Å². The summed E-state index contributed by atoms with van der Waals surface area (Å²) in [7, 11) is 0. The SMILES string of the molecule is CC1(C)CC(C(F)(F)F)=NN1CC(=O)N1CCC(c2nc(C3=CC(c4c(F)cccc4F)ON3)cs2)CC1. The maximum atomic E-state index is 14.1. The number of piperidine rings is 1. The number of hydrogen-bond acceptors (Lipinski definition) is 7. The molecule has 1 amide bonds. The van der Waals surface area contributed by atoms with Crippen LogP contribution in [0.25, 0.3) is 5.70 Å². The molecule has 3 aliphatic heterocycles. The van der Waals surface area contributed by atoms with Crippen LogP contribution in [0.1, 0.15) is 61.4 Å². The number of hydrazone groups is 1. The number of likely N-dealkylation sites (tertiary alicyclic amines) is 1. The summed E-state index contributed by atoms with van der Waals surface area (Å²) in [6.07, 6.45) is -2.80. The zero-order valence-corrected chi connectivity index (χ0v) is 21.5. The van der Waals surface area contributed by atoms with Crippen molar-refractivity contribution in [1.82, 2.24) is 20.4 Å². The quantitative estimate of drug-likeness (QED) is 0.517. The highest BCUT2D eigenvalue weighted by molar-refractivity contribution is 7.09. The minimum atomic E-state index is -4.51. The highest BCUT2D eigenvalue weighted by Gasteiger charge is 2.46. The smallest absolute Gasteiger partial charge is 0.341 e. The number of nitrogens with zero attached hydrogens (tertiary/aromatic N) is 4. The molecule has 38 heavy (non-hydrogen) atoms. The summed E-state index contributed by atoms with van der Waals surface area (Å²) in [5.74, 6) is -1.54. The molecule has 2 aromatic rings. The van der Waals surface area contributed by atoms with E-state index in [1.165, 1.54) is 34.5 Å². The standard InChI is InChI=1S/C25H26F5N5O2S/c1-24(2)11-20(25(28,29)30)32-35(24)12-21(36)34-8-6-14(7-9-34)23-31-18(13-38-23)17-10-19(37-33-17)22-15(26)4-3-5-16(22)27/h3-5,10,13-14,19,33H,6-9,11-12H2,1-2H3. The molecule has 13 heteroatoms. The van der Waals surface area contributed by atoms with E-state index < -0.39 is 35.2 Å². The van der Waals surface area contributed by atoms with Crippen LogP contribution < -0.4 is 5.48 Å². The molecule has 0 spiro atoms. The Labute approximate surface area is 219 Å². The Morgan fingerprint density at radius 3 is 2.53 bits per heavy atom. The summed E-state index contributed by atoms with van der Waals surface area (Å²) in [6.45, 7) is 4.00. The molecule has 1 unspecified atom stereocenters. The minimum Gasteiger partial charge on any atom is -0.341 e. The Balaban J connectivity index is 1.18. The summed E-state index contributed by atoms with van der Waals surface area (Å²) in [4.78, 5) is 24.6. The number of hydrogen-bond donors (Lipinski definition) is 1. The van der Waals surface area contributed by atoms with Gasteiger partial charge in [0.1, 0.15) is 30.0 Å². The first-order valence-corrected chi connectivity index (χ1v) is 13.0. The lowest BCUT2D eigenvalue weighted by atomic mass is 9.97. The van der Waals surface area contributed by atoms with E-state index in [4.69, 9.17) is 4.84 Å². The zero-order valence-electron chi connectivity index (χ0n) is 20.7. The average molecular weight is 556 g/mol. The number of carbonyl (C=O) groups excluding carboxylic acids is 1. The van der Waals surface area contributed by atoms with Crippen LogP contribution in [-0.4, -0.2) is 57.9 Å². The second-order valence-corrected chi connectivity index (χ2v) is 11.1. The molecule has 1 N–H and O–H groups in total. The second-order valence-electron chi connectivity index (χ2n) is 10.2. The fourth-order valence-electron chi connectivity index (χ4n) is 4.84. The van der Waals surface area contributed by atoms with E-state index in [0.717, 1.165) is 5.01 Å². The molecular formula is C25H26F5N5O2S. The lowest BCUT2D eigenvalue weighted by Crippen LogP contribution is -2.46. The molecule has 1 aromatic heterocycles. The Morgan fingerprint density at radius 2 is 1.89 bits per heavy atom. The van der Waals surface area contributed by atoms with E-state index in [-0.39, 0.29) is 30.4 Å². The second kappa shape index (κ2) is 9.92. The molecule has 204 valence electrons. The first kappa shape index (κ1) is 26.5. The van der Waals surface area contributed by atoms with Gasteiger partial charge < -0.3 is 4.90 Å². The average Bonchev–Trinajstić information content (AvgIpc) is 3.58. The lowest BCUT2D eigenvalue weighted by molar-refractivity contribution is -0.134. The summed E-state index contributed by atoms with van der Waals surface area (Å²) in [5.41, 5.74) is 1.88. The maximum absolute atomic E-state index is 14.1. The van der Waals surface area contributed by atoms with E-state index in [0.29, 0.717) is 37.3 Å². The van der Waals surface area contributed by atoms with E-state index in [1.54, 1.807) is 24.8 Å². The molecule has 7 nitrogen and oxygen atoms in total. The number of hydroxylamine groups is 1. The third-order valence-electron chi connectivity index (χ3n) is 7.05. The third kappa shape index (κ3) is 5.26. The van der Waals surface area contributed by atoms with E-state index in [2.05, 4.69) is 15.6 Å². The van der Waals surface area contributed by atoms with Crippen LogP contribution in [0.15, 0.2) is 34.8 Å². The van der Waals surface area contributed by atoms with Crippen LogP contribution in [-0.2, 0) is 9.63 Å². The van der Waals surface area contributed by atoms with Gasteiger partial charge >= 0.3 is 6.18 Å². The molecule has 0 radical (unpaired) electrons. The van der Waals surface area contributed by atoms with Crippen LogP contribution in [0, 0.1) is 11.6 Å². The summed E-state index contributed by atoms with van der Waals surface area (Å²) in [6, 6.07) is 3.63. The predicted octanol–water partition coefficient (Wildman–Crippen LogP) is 5.15. The maximum Gasteiger partial charge on any atom is 0.431 e. The van der Waals surface area contributed by atoms with Crippen molar-refractivity contribution < 1.29 is 31.6 Å². The van der Waals surface area contributed by atoms with Gasteiger partial charge in [0, 0.05) is 30.8 Å². The van der Waals surface area contributed by atoms with Crippen LogP contribution in [0.2, 0.25) is 0 Å². The number of thiazole rings is 1. The molecule has 5 rings (SSSR count). The van der Waals surface area contributed by atoms with E-state index in [9.17, 15) is 26.7 Å². The highest BCUT2D eigenvalue weighted by Crippen LogP contribution is 2.36. The van der Waals surface area contributed by atoms with Crippen LogP contribution in [0.5, 0.6) is 0 Å². The van der Waals surface area contributed by atoms with Gasteiger partial charge in [-0.05, 0) is 44.9 Å². The topological polar surface area (TPSA) is 70.1 Å². The van der Waals surface area contributed by atoms with Crippen LogP contribution in [0.3, 0.4) is 0 Å². The highest BCUT2D eigenvalue weighted by atomic mass is 32.1.